The molecule has 0 saturated heterocycles. The molecule has 0 spiro atoms. The van der Waals surface area contributed by atoms with E-state index in [1.54, 1.807) is 6.92 Å². The maximum Gasteiger partial charge on any atom is 0.304 e. The van der Waals surface area contributed by atoms with E-state index in [0.29, 0.717) is 0 Å². The highest BCUT2D eigenvalue weighted by atomic mass is 32.2. The number of rotatable bonds is 7. The molecular formula is C11H16N2O6S2. The summed E-state index contributed by atoms with van der Waals surface area (Å²) in [5.74, 6) is -1.12. The second-order valence-electron chi connectivity index (χ2n) is 4.16. The lowest BCUT2D eigenvalue weighted by Gasteiger charge is -2.19. The van der Waals surface area contributed by atoms with Crippen molar-refractivity contribution in [1.82, 2.24) is 4.31 Å². The van der Waals surface area contributed by atoms with Crippen LogP contribution in [0.25, 0.3) is 0 Å². The normalized spacial score (nSPS) is 12.5. The van der Waals surface area contributed by atoms with Crippen molar-refractivity contribution in [2.24, 2.45) is 5.14 Å². The minimum Gasteiger partial charge on any atom is -0.481 e. The Bertz CT molecular complexity index is 727. The number of benzene rings is 1. The highest BCUT2D eigenvalue weighted by molar-refractivity contribution is 7.90. The van der Waals surface area contributed by atoms with Crippen LogP contribution in [0.3, 0.4) is 0 Å². The van der Waals surface area contributed by atoms with E-state index in [0.717, 1.165) is 10.4 Å². The van der Waals surface area contributed by atoms with E-state index in [4.69, 9.17) is 10.2 Å². The molecule has 1 rings (SSSR count). The summed E-state index contributed by atoms with van der Waals surface area (Å²) in [7, 11) is -8.00. The smallest absolute Gasteiger partial charge is 0.304 e. The third-order valence-corrected chi connectivity index (χ3v) is 5.58. The lowest BCUT2D eigenvalue weighted by molar-refractivity contribution is -0.137. The number of primary sulfonamides is 1. The molecule has 0 atom stereocenters. The third-order valence-electron chi connectivity index (χ3n) is 2.70. The fraction of sp³-hybridized carbons (Fsp3) is 0.364. The molecule has 0 aliphatic carbocycles. The van der Waals surface area contributed by atoms with Gasteiger partial charge in [0.25, 0.3) is 0 Å². The van der Waals surface area contributed by atoms with Crippen molar-refractivity contribution in [2.45, 2.75) is 23.1 Å². The molecule has 0 heterocycles. The van der Waals surface area contributed by atoms with E-state index < -0.39 is 26.0 Å². The Balaban J connectivity index is 3.20. The molecule has 10 heteroatoms. The largest absolute Gasteiger partial charge is 0.481 e. The summed E-state index contributed by atoms with van der Waals surface area (Å²) in [6.45, 7) is 1.42. The lowest BCUT2D eigenvalue weighted by Crippen LogP contribution is -2.33. The number of aliphatic carboxylic acids is 1. The minimum atomic E-state index is -4.02. The number of hydrogen-bond donors (Lipinski definition) is 2. The highest BCUT2D eigenvalue weighted by Crippen LogP contribution is 2.19. The number of carboxylic acids is 1. The molecule has 21 heavy (non-hydrogen) atoms. The number of carbonyl (C=O) groups is 1. The van der Waals surface area contributed by atoms with E-state index in [1.165, 1.54) is 18.2 Å². The van der Waals surface area contributed by atoms with Crippen molar-refractivity contribution in [3.63, 3.8) is 0 Å². The van der Waals surface area contributed by atoms with Crippen molar-refractivity contribution in [1.29, 1.82) is 0 Å². The van der Waals surface area contributed by atoms with Crippen LogP contribution >= 0.6 is 0 Å². The molecule has 0 saturated carbocycles. The van der Waals surface area contributed by atoms with E-state index in [-0.39, 0.29) is 29.3 Å². The average molecular weight is 336 g/mol. The number of nitrogens with zero attached hydrogens (tertiary/aromatic N) is 1. The second kappa shape index (κ2) is 6.52. The molecule has 1 aromatic carbocycles. The van der Waals surface area contributed by atoms with Gasteiger partial charge in [0.05, 0.1) is 16.2 Å². The SMILES string of the molecule is CCN(CCC(=O)O)S(=O)(=O)c1cccc(S(N)(=O)=O)c1. The summed E-state index contributed by atoms with van der Waals surface area (Å²) in [5.41, 5.74) is 0. The van der Waals surface area contributed by atoms with E-state index >= 15 is 0 Å². The molecule has 0 aliphatic heterocycles. The second-order valence-corrected chi connectivity index (χ2v) is 7.66. The molecule has 1 aromatic rings. The van der Waals surface area contributed by atoms with Crippen LogP contribution in [0.4, 0.5) is 0 Å². The van der Waals surface area contributed by atoms with E-state index in [9.17, 15) is 21.6 Å². The van der Waals surface area contributed by atoms with Gasteiger partial charge < -0.3 is 5.11 Å². The molecule has 0 radical (unpaired) electrons. The first kappa shape index (κ1) is 17.6. The number of hydrogen-bond acceptors (Lipinski definition) is 5. The van der Waals surface area contributed by atoms with Crippen molar-refractivity contribution in [3.05, 3.63) is 24.3 Å². The zero-order chi connectivity index (χ0) is 16.3. The number of nitrogens with two attached hydrogens (primary N) is 1. The first-order chi connectivity index (χ1) is 9.59. The molecule has 0 bridgehead atoms. The lowest BCUT2D eigenvalue weighted by atomic mass is 10.4. The predicted octanol–water partition coefficient (Wildman–Crippen LogP) is -0.181. The Morgan fingerprint density at radius 2 is 1.81 bits per heavy atom. The summed E-state index contributed by atoms with van der Waals surface area (Å²) < 4.78 is 48.2. The number of carboxylic acid groups (broad SMARTS) is 1. The summed E-state index contributed by atoms with van der Waals surface area (Å²) in [5, 5.41) is 13.6. The van der Waals surface area contributed by atoms with Gasteiger partial charge in [0.1, 0.15) is 0 Å². The Morgan fingerprint density at radius 1 is 1.24 bits per heavy atom. The van der Waals surface area contributed by atoms with Crippen LogP contribution in [0.2, 0.25) is 0 Å². The van der Waals surface area contributed by atoms with Gasteiger partial charge in [-0.2, -0.15) is 4.31 Å². The molecule has 0 fully saturated rings. The maximum absolute atomic E-state index is 12.4. The van der Waals surface area contributed by atoms with Gasteiger partial charge >= 0.3 is 5.97 Å². The van der Waals surface area contributed by atoms with Crippen LogP contribution in [0.1, 0.15) is 13.3 Å². The van der Waals surface area contributed by atoms with Gasteiger partial charge in [-0.15, -0.1) is 0 Å². The van der Waals surface area contributed by atoms with Crippen molar-refractivity contribution >= 4 is 26.0 Å². The summed E-state index contributed by atoms with van der Waals surface area (Å²) in [6.07, 6.45) is -0.345. The topological polar surface area (TPSA) is 135 Å². The Kier molecular flexibility index (Phi) is 5.45. The predicted molar refractivity (Wildman–Crippen MR) is 74.5 cm³/mol. The molecular weight excluding hydrogens is 320 g/mol. The monoisotopic (exact) mass is 336 g/mol. The molecule has 0 amide bonds. The zero-order valence-corrected chi connectivity index (χ0v) is 12.9. The van der Waals surface area contributed by atoms with Crippen molar-refractivity contribution in [2.75, 3.05) is 13.1 Å². The number of sulfonamides is 2. The average Bonchev–Trinajstić information content (AvgIpc) is 2.38. The Labute approximate surface area is 123 Å². The fourth-order valence-corrected chi connectivity index (χ4v) is 3.76. The van der Waals surface area contributed by atoms with Crippen molar-refractivity contribution < 1.29 is 26.7 Å². The molecule has 118 valence electrons. The van der Waals surface area contributed by atoms with Gasteiger partial charge in [-0.05, 0) is 18.2 Å². The first-order valence-electron chi connectivity index (χ1n) is 5.94. The van der Waals surface area contributed by atoms with Gasteiger partial charge in [-0.1, -0.05) is 13.0 Å². The van der Waals surface area contributed by atoms with Gasteiger partial charge in [0.15, 0.2) is 0 Å². The standard InChI is InChI=1S/C11H16N2O6S2/c1-2-13(7-6-11(14)15)21(18,19)10-5-3-4-9(8-10)20(12,16)17/h3-5,8H,2,6-7H2,1H3,(H,14,15)(H2,12,16,17). The molecule has 0 aromatic heterocycles. The van der Waals surface area contributed by atoms with Crippen LogP contribution in [0.5, 0.6) is 0 Å². The quantitative estimate of drug-likeness (QED) is 0.709. The van der Waals surface area contributed by atoms with Crippen molar-refractivity contribution in [3.8, 4) is 0 Å². The Hall–Kier alpha value is -1.49. The molecule has 0 unspecified atom stereocenters. The fourth-order valence-electron chi connectivity index (χ4n) is 1.63. The summed E-state index contributed by atoms with van der Waals surface area (Å²) >= 11 is 0. The van der Waals surface area contributed by atoms with Gasteiger partial charge in [0.2, 0.25) is 20.0 Å². The highest BCUT2D eigenvalue weighted by Gasteiger charge is 2.24. The van der Waals surface area contributed by atoms with Crippen LogP contribution < -0.4 is 5.14 Å². The Morgan fingerprint density at radius 3 is 2.29 bits per heavy atom. The third kappa shape index (κ3) is 4.49. The van der Waals surface area contributed by atoms with Crippen LogP contribution in [-0.4, -0.2) is 45.3 Å². The maximum atomic E-state index is 12.4. The van der Waals surface area contributed by atoms with Crippen LogP contribution in [0.15, 0.2) is 34.1 Å². The van der Waals surface area contributed by atoms with Crippen LogP contribution in [0, 0.1) is 0 Å². The van der Waals surface area contributed by atoms with E-state index in [1.807, 2.05) is 0 Å². The summed E-state index contributed by atoms with van der Waals surface area (Å²) in [4.78, 5) is 9.98. The minimum absolute atomic E-state index is 0.0647. The van der Waals surface area contributed by atoms with Crippen LogP contribution in [-0.2, 0) is 24.8 Å². The first-order valence-corrected chi connectivity index (χ1v) is 8.92. The van der Waals surface area contributed by atoms with Gasteiger partial charge in [-0.3, -0.25) is 4.79 Å². The van der Waals surface area contributed by atoms with Gasteiger partial charge in [0, 0.05) is 13.1 Å². The molecule has 3 N–H and O–H groups in total. The molecule has 0 aliphatic rings. The van der Waals surface area contributed by atoms with Gasteiger partial charge in [-0.25, -0.2) is 22.0 Å². The zero-order valence-electron chi connectivity index (χ0n) is 11.3. The molecule has 8 nitrogen and oxygen atoms in total. The van der Waals surface area contributed by atoms with E-state index in [2.05, 4.69) is 0 Å². The summed E-state index contributed by atoms with van der Waals surface area (Å²) in [6, 6.07) is 4.63.